The van der Waals surface area contributed by atoms with Crippen LogP contribution in [-0.4, -0.2) is 42.6 Å². The van der Waals surface area contributed by atoms with E-state index in [9.17, 15) is 0 Å². The van der Waals surface area contributed by atoms with Crippen LogP contribution in [0.15, 0.2) is 18.3 Å². The molecule has 1 aromatic heterocycles. The summed E-state index contributed by atoms with van der Waals surface area (Å²) in [6.45, 7) is 5.58. The van der Waals surface area contributed by atoms with Crippen LogP contribution in [0.5, 0.6) is 0 Å². The molecule has 18 heavy (non-hydrogen) atoms. The van der Waals surface area contributed by atoms with E-state index >= 15 is 0 Å². The number of hydrogen-bond donors (Lipinski definition) is 0. The van der Waals surface area contributed by atoms with Crippen molar-refractivity contribution >= 4 is 5.69 Å². The van der Waals surface area contributed by atoms with Crippen molar-refractivity contribution < 1.29 is 0 Å². The second-order valence-corrected chi connectivity index (χ2v) is 4.82. The van der Waals surface area contributed by atoms with Crippen LogP contribution in [0.3, 0.4) is 0 Å². The van der Waals surface area contributed by atoms with Crippen molar-refractivity contribution in [1.29, 1.82) is 5.26 Å². The highest BCUT2D eigenvalue weighted by Crippen LogP contribution is 2.20. The third-order valence-corrected chi connectivity index (χ3v) is 3.69. The van der Waals surface area contributed by atoms with Gasteiger partial charge in [0.2, 0.25) is 0 Å². The van der Waals surface area contributed by atoms with Crippen LogP contribution in [0, 0.1) is 11.3 Å². The van der Waals surface area contributed by atoms with Crippen molar-refractivity contribution in [1.82, 2.24) is 9.88 Å². The quantitative estimate of drug-likeness (QED) is 0.811. The molecule has 1 saturated heterocycles. The van der Waals surface area contributed by atoms with E-state index in [1.54, 1.807) is 6.20 Å². The van der Waals surface area contributed by atoms with Gasteiger partial charge in [-0.05, 0) is 38.1 Å². The maximum atomic E-state index is 8.87. The number of rotatable bonds is 4. The van der Waals surface area contributed by atoms with Crippen LogP contribution in [0.1, 0.15) is 25.5 Å². The van der Waals surface area contributed by atoms with Gasteiger partial charge < -0.3 is 4.90 Å². The van der Waals surface area contributed by atoms with Crippen LogP contribution in [0.4, 0.5) is 5.69 Å². The van der Waals surface area contributed by atoms with Crippen LogP contribution in [-0.2, 0) is 0 Å². The largest absolute Gasteiger partial charge is 0.373 e. The molecule has 1 fully saturated rings. The Bertz CT molecular complexity index is 438. The Morgan fingerprint density at radius 3 is 3.17 bits per heavy atom. The third-order valence-electron chi connectivity index (χ3n) is 3.69. The summed E-state index contributed by atoms with van der Waals surface area (Å²) < 4.78 is 0. The number of nitriles is 1. The molecule has 1 atom stereocenters. The molecule has 0 aliphatic carbocycles. The van der Waals surface area contributed by atoms with Crippen LogP contribution in [0.25, 0.3) is 0 Å². The molecule has 1 unspecified atom stereocenters. The maximum absolute atomic E-state index is 8.87. The minimum Gasteiger partial charge on any atom is -0.373 e. The molecule has 0 N–H and O–H groups in total. The minimum absolute atomic E-state index is 0.484. The second-order valence-electron chi connectivity index (χ2n) is 4.82. The summed E-state index contributed by atoms with van der Waals surface area (Å²) >= 11 is 0. The molecule has 4 heteroatoms. The fourth-order valence-electron chi connectivity index (χ4n) is 2.66. The molecule has 0 bridgehead atoms. The summed E-state index contributed by atoms with van der Waals surface area (Å²) in [4.78, 5) is 8.76. The lowest BCUT2D eigenvalue weighted by Gasteiger charge is -2.29. The number of hydrogen-bond acceptors (Lipinski definition) is 4. The molecule has 0 aromatic carbocycles. The Hall–Kier alpha value is -1.60. The number of likely N-dealkylation sites (tertiary alicyclic amines) is 1. The zero-order chi connectivity index (χ0) is 13.0. The summed E-state index contributed by atoms with van der Waals surface area (Å²) in [6, 6.07) is 6.54. The first kappa shape index (κ1) is 12.8. The van der Waals surface area contributed by atoms with E-state index < -0.39 is 0 Å². The minimum atomic E-state index is 0.484. The first-order chi connectivity index (χ1) is 8.74. The van der Waals surface area contributed by atoms with Gasteiger partial charge in [-0.25, -0.2) is 4.98 Å². The molecule has 2 rings (SSSR count). The lowest BCUT2D eigenvalue weighted by Crippen LogP contribution is -2.38. The fraction of sp³-hybridized carbons (Fsp3) is 0.571. The van der Waals surface area contributed by atoms with Gasteiger partial charge in [0, 0.05) is 31.5 Å². The molecule has 0 spiro atoms. The summed E-state index contributed by atoms with van der Waals surface area (Å²) in [6.07, 6.45) is 4.27. The van der Waals surface area contributed by atoms with E-state index in [0.717, 1.165) is 18.8 Å². The number of nitrogens with zero attached hydrogens (tertiary/aromatic N) is 4. The number of aromatic nitrogens is 1. The van der Waals surface area contributed by atoms with Crippen LogP contribution in [0.2, 0.25) is 0 Å². The fourth-order valence-corrected chi connectivity index (χ4v) is 2.66. The van der Waals surface area contributed by atoms with Crippen LogP contribution < -0.4 is 4.90 Å². The van der Waals surface area contributed by atoms with Gasteiger partial charge in [-0.1, -0.05) is 6.92 Å². The highest BCUT2D eigenvalue weighted by Gasteiger charge is 2.24. The van der Waals surface area contributed by atoms with Gasteiger partial charge in [0.1, 0.15) is 11.8 Å². The van der Waals surface area contributed by atoms with Crippen molar-refractivity contribution in [2.75, 3.05) is 31.6 Å². The highest BCUT2D eigenvalue weighted by atomic mass is 15.2. The van der Waals surface area contributed by atoms with Gasteiger partial charge in [0.25, 0.3) is 0 Å². The van der Waals surface area contributed by atoms with Gasteiger partial charge in [-0.15, -0.1) is 0 Å². The highest BCUT2D eigenvalue weighted by molar-refractivity contribution is 5.48. The molecular weight excluding hydrogens is 224 g/mol. The first-order valence-electron chi connectivity index (χ1n) is 6.56. The summed E-state index contributed by atoms with van der Waals surface area (Å²) in [5, 5.41) is 8.87. The van der Waals surface area contributed by atoms with Gasteiger partial charge in [0.05, 0.1) is 0 Å². The molecule has 0 amide bonds. The lowest BCUT2D eigenvalue weighted by molar-refractivity contribution is 0.270. The number of anilines is 1. The Morgan fingerprint density at radius 2 is 2.44 bits per heavy atom. The average Bonchev–Trinajstić information content (AvgIpc) is 2.86. The zero-order valence-corrected chi connectivity index (χ0v) is 11.1. The van der Waals surface area contributed by atoms with Gasteiger partial charge in [-0.2, -0.15) is 5.26 Å². The first-order valence-corrected chi connectivity index (χ1v) is 6.56. The predicted octanol–water partition coefficient (Wildman–Crippen LogP) is 1.87. The monoisotopic (exact) mass is 244 g/mol. The van der Waals surface area contributed by atoms with E-state index in [4.69, 9.17) is 5.26 Å². The van der Waals surface area contributed by atoms with Crippen molar-refractivity contribution in [2.24, 2.45) is 0 Å². The number of likely N-dealkylation sites (N-methyl/N-ethyl adjacent to an activating group) is 2. The van der Waals surface area contributed by atoms with Crippen molar-refractivity contribution in [3.63, 3.8) is 0 Å². The summed E-state index contributed by atoms with van der Waals surface area (Å²) in [5.74, 6) is 0. The zero-order valence-electron chi connectivity index (χ0n) is 11.1. The standard InChI is InChI=1S/C14H20N4/c1-3-18-8-4-5-14(18)11-17(2)13-6-7-16-12(9-13)10-15/h6-7,9,14H,3-5,8,11H2,1-2H3. The van der Waals surface area contributed by atoms with Gasteiger partial charge in [-0.3, -0.25) is 4.90 Å². The normalized spacial score (nSPS) is 19.7. The van der Waals surface area contributed by atoms with Gasteiger partial charge in [0.15, 0.2) is 0 Å². The summed E-state index contributed by atoms with van der Waals surface area (Å²) in [7, 11) is 2.09. The Kier molecular flexibility index (Phi) is 4.16. The molecule has 4 nitrogen and oxygen atoms in total. The van der Waals surface area contributed by atoms with E-state index in [2.05, 4.69) is 34.8 Å². The van der Waals surface area contributed by atoms with Crippen molar-refractivity contribution in [3.05, 3.63) is 24.0 Å². The van der Waals surface area contributed by atoms with E-state index in [0.29, 0.717) is 11.7 Å². The van der Waals surface area contributed by atoms with Crippen LogP contribution >= 0.6 is 0 Å². The Balaban J connectivity index is 2.03. The summed E-state index contributed by atoms with van der Waals surface area (Å²) in [5.41, 5.74) is 1.56. The van der Waals surface area contributed by atoms with Crippen molar-refractivity contribution in [3.8, 4) is 6.07 Å². The Labute approximate surface area is 109 Å². The molecule has 96 valence electrons. The van der Waals surface area contributed by atoms with E-state index in [-0.39, 0.29) is 0 Å². The SMILES string of the molecule is CCN1CCCC1CN(C)c1ccnc(C#N)c1. The molecular formula is C14H20N4. The smallest absolute Gasteiger partial charge is 0.142 e. The Morgan fingerprint density at radius 1 is 1.61 bits per heavy atom. The topological polar surface area (TPSA) is 43.2 Å². The second kappa shape index (κ2) is 5.83. The molecule has 1 aromatic rings. The van der Waals surface area contributed by atoms with Crippen molar-refractivity contribution in [2.45, 2.75) is 25.8 Å². The maximum Gasteiger partial charge on any atom is 0.142 e. The lowest BCUT2D eigenvalue weighted by atomic mass is 10.2. The van der Waals surface area contributed by atoms with E-state index in [1.165, 1.54) is 19.4 Å². The average molecular weight is 244 g/mol. The molecule has 1 aliphatic rings. The van der Waals surface area contributed by atoms with E-state index in [1.807, 2.05) is 12.1 Å². The molecule has 1 aliphatic heterocycles. The predicted molar refractivity (Wildman–Crippen MR) is 72.5 cm³/mol. The molecule has 2 heterocycles. The third kappa shape index (κ3) is 2.80. The molecule has 0 saturated carbocycles. The molecule has 0 radical (unpaired) electrons. The number of pyridine rings is 1. The van der Waals surface area contributed by atoms with Gasteiger partial charge >= 0.3 is 0 Å².